The van der Waals surface area contributed by atoms with Crippen LogP contribution in [0.15, 0.2) is 22.6 Å². The van der Waals surface area contributed by atoms with Crippen molar-refractivity contribution in [2.45, 2.75) is 0 Å². The lowest BCUT2D eigenvalue weighted by atomic mass is 10.2. The molecule has 1 heterocycles. The Morgan fingerprint density at radius 3 is 3.00 bits per heavy atom. The fraction of sp³-hybridized carbons (Fsp3) is 0. The van der Waals surface area contributed by atoms with E-state index < -0.39 is 4.92 Å². The average molecular weight is 178 g/mol. The number of aromatic hydroxyl groups is 1. The van der Waals surface area contributed by atoms with Crippen LogP contribution in [-0.2, 0) is 0 Å². The van der Waals surface area contributed by atoms with E-state index >= 15 is 0 Å². The molecule has 1 radical (unpaired) electrons. The smallest absolute Gasteiger partial charge is 0.270 e. The van der Waals surface area contributed by atoms with Crippen LogP contribution in [0, 0.1) is 16.4 Å². The number of fused-ring (bicyclic) bond motifs is 1. The predicted octanol–water partition coefficient (Wildman–Crippen LogP) is 1.85. The summed E-state index contributed by atoms with van der Waals surface area (Å²) in [5.74, 6) is -0.210. The molecule has 0 saturated heterocycles. The quantitative estimate of drug-likeness (QED) is 0.534. The van der Waals surface area contributed by atoms with Crippen LogP contribution in [0.3, 0.4) is 0 Å². The fourth-order valence-corrected chi connectivity index (χ4v) is 1.06. The number of nitro groups is 1. The monoisotopic (exact) mass is 178 g/mol. The minimum atomic E-state index is -0.536. The first-order valence-corrected chi connectivity index (χ1v) is 3.46. The van der Waals surface area contributed by atoms with Crippen molar-refractivity contribution >= 4 is 16.7 Å². The minimum Gasteiger partial charge on any atom is -0.504 e. The molecule has 0 atom stereocenters. The van der Waals surface area contributed by atoms with Gasteiger partial charge in [0.1, 0.15) is 5.58 Å². The van der Waals surface area contributed by atoms with Gasteiger partial charge in [-0.15, -0.1) is 0 Å². The Bertz CT molecular complexity index is 474. The van der Waals surface area contributed by atoms with E-state index in [2.05, 4.69) is 6.26 Å². The first-order valence-electron chi connectivity index (χ1n) is 3.46. The topological polar surface area (TPSA) is 76.5 Å². The Morgan fingerprint density at radius 2 is 2.31 bits per heavy atom. The summed E-state index contributed by atoms with van der Waals surface area (Å²) in [6.45, 7) is 0. The molecule has 5 heteroatoms. The molecule has 0 unspecified atom stereocenters. The van der Waals surface area contributed by atoms with Crippen LogP contribution in [0.1, 0.15) is 0 Å². The van der Waals surface area contributed by atoms with Crippen molar-refractivity contribution in [2.75, 3.05) is 0 Å². The number of rotatable bonds is 1. The second kappa shape index (κ2) is 2.48. The highest BCUT2D eigenvalue weighted by molar-refractivity contribution is 5.85. The third-order valence-corrected chi connectivity index (χ3v) is 1.69. The average Bonchev–Trinajstić information content (AvgIpc) is 2.47. The van der Waals surface area contributed by atoms with Gasteiger partial charge in [-0.1, -0.05) is 0 Å². The Kier molecular flexibility index (Phi) is 1.45. The summed E-state index contributed by atoms with van der Waals surface area (Å²) in [6.07, 6.45) is 2.20. The highest BCUT2D eigenvalue weighted by Gasteiger charge is 2.11. The van der Waals surface area contributed by atoms with Crippen LogP contribution in [-0.4, -0.2) is 10.0 Å². The zero-order valence-corrected chi connectivity index (χ0v) is 6.35. The van der Waals surface area contributed by atoms with Crippen LogP contribution in [0.4, 0.5) is 5.69 Å². The van der Waals surface area contributed by atoms with Gasteiger partial charge < -0.3 is 9.52 Å². The van der Waals surface area contributed by atoms with Crippen molar-refractivity contribution in [3.8, 4) is 5.75 Å². The highest BCUT2D eigenvalue weighted by Crippen LogP contribution is 2.29. The first kappa shape index (κ1) is 7.60. The first-order chi connectivity index (χ1) is 6.18. The van der Waals surface area contributed by atoms with Crippen molar-refractivity contribution in [1.29, 1.82) is 0 Å². The highest BCUT2D eigenvalue weighted by atomic mass is 16.6. The summed E-state index contributed by atoms with van der Waals surface area (Å²) in [5.41, 5.74) is 0.292. The number of benzene rings is 1. The maximum absolute atomic E-state index is 10.4. The summed E-state index contributed by atoms with van der Waals surface area (Å²) in [7, 11) is 0. The summed E-state index contributed by atoms with van der Waals surface area (Å²) in [5, 5.41) is 19.8. The van der Waals surface area contributed by atoms with E-state index in [0.29, 0.717) is 11.0 Å². The molecule has 0 bridgehead atoms. The normalized spacial score (nSPS) is 10.5. The molecule has 1 aromatic heterocycles. The van der Waals surface area contributed by atoms with Gasteiger partial charge in [0.05, 0.1) is 10.3 Å². The van der Waals surface area contributed by atoms with E-state index in [0.717, 1.165) is 0 Å². The molecule has 5 nitrogen and oxygen atoms in total. The summed E-state index contributed by atoms with van der Waals surface area (Å²) >= 11 is 0. The Hall–Kier alpha value is -2.04. The van der Waals surface area contributed by atoms with E-state index in [1.807, 2.05) is 0 Å². The van der Waals surface area contributed by atoms with Gasteiger partial charge >= 0.3 is 0 Å². The molecule has 1 N–H and O–H groups in total. The van der Waals surface area contributed by atoms with E-state index in [1.54, 1.807) is 0 Å². The van der Waals surface area contributed by atoms with Crippen molar-refractivity contribution in [1.82, 2.24) is 0 Å². The fourth-order valence-electron chi connectivity index (χ4n) is 1.06. The number of furan rings is 1. The van der Waals surface area contributed by atoms with Crippen LogP contribution in [0.25, 0.3) is 11.0 Å². The molecule has 0 saturated carbocycles. The van der Waals surface area contributed by atoms with Gasteiger partial charge in [0, 0.05) is 12.1 Å². The molecule has 0 aliphatic heterocycles. The van der Waals surface area contributed by atoms with Crippen molar-refractivity contribution in [3.05, 3.63) is 34.6 Å². The zero-order valence-electron chi connectivity index (χ0n) is 6.35. The van der Waals surface area contributed by atoms with Gasteiger partial charge in [-0.05, 0) is 6.07 Å². The van der Waals surface area contributed by atoms with Gasteiger partial charge in [0.2, 0.25) is 6.26 Å². The van der Waals surface area contributed by atoms with Crippen molar-refractivity contribution < 1.29 is 14.4 Å². The molecule has 0 amide bonds. The van der Waals surface area contributed by atoms with Crippen molar-refractivity contribution in [3.63, 3.8) is 0 Å². The third-order valence-electron chi connectivity index (χ3n) is 1.69. The van der Waals surface area contributed by atoms with E-state index in [4.69, 9.17) is 9.52 Å². The third kappa shape index (κ3) is 1.10. The molecule has 1 aromatic carbocycles. The number of nitrogens with zero attached hydrogens (tertiary/aromatic N) is 1. The van der Waals surface area contributed by atoms with Gasteiger partial charge in [-0.3, -0.25) is 10.1 Å². The summed E-state index contributed by atoms with van der Waals surface area (Å²) < 4.78 is 4.79. The van der Waals surface area contributed by atoms with Gasteiger partial charge in [0.25, 0.3) is 5.69 Å². The molecule has 0 aliphatic rings. The maximum Gasteiger partial charge on any atom is 0.270 e. The lowest BCUT2D eigenvalue weighted by Crippen LogP contribution is -1.85. The van der Waals surface area contributed by atoms with Crippen LogP contribution >= 0.6 is 0 Å². The molecular weight excluding hydrogens is 174 g/mol. The summed E-state index contributed by atoms with van der Waals surface area (Å²) in [6, 6.07) is 3.97. The largest absolute Gasteiger partial charge is 0.504 e. The predicted molar refractivity (Wildman–Crippen MR) is 43.4 cm³/mol. The van der Waals surface area contributed by atoms with E-state index in [-0.39, 0.29) is 11.4 Å². The van der Waals surface area contributed by atoms with Gasteiger partial charge in [-0.25, -0.2) is 0 Å². The van der Waals surface area contributed by atoms with Gasteiger partial charge in [-0.2, -0.15) is 0 Å². The molecular formula is C8H4NO4. The molecule has 13 heavy (non-hydrogen) atoms. The Balaban J connectivity index is 2.72. The molecule has 0 fully saturated rings. The SMILES string of the molecule is O=[N+]([O-])c1ccc2o[c]c(O)c2c1. The lowest BCUT2D eigenvalue weighted by molar-refractivity contribution is -0.384. The second-order valence-corrected chi connectivity index (χ2v) is 2.49. The number of hydrogen-bond acceptors (Lipinski definition) is 4. The van der Waals surface area contributed by atoms with Gasteiger partial charge in [0.15, 0.2) is 5.75 Å². The molecule has 0 aliphatic carbocycles. The minimum absolute atomic E-state index is 0.0856. The molecule has 0 spiro atoms. The van der Waals surface area contributed by atoms with Crippen LogP contribution < -0.4 is 0 Å². The van der Waals surface area contributed by atoms with E-state index in [1.165, 1.54) is 18.2 Å². The molecule has 2 rings (SSSR count). The standard InChI is InChI=1S/C8H4NO4/c10-7-4-13-8-2-1-5(9(11)12)3-6(7)8/h1-3,10H. The van der Waals surface area contributed by atoms with Crippen LogP contribution in [0.2, 0.25) is 0 Å². The second-order valence-electron chi connectivity index (χ2n) is 2.49. The number of nitro benzene ring substituents is 1. The van der Waals surface area contributed by atoms with E-state index in [9.17, 15) is 10.1 Å². The maximum atomic E-state index is 10.4. The number of non-ortho nitro benzene ring substituents is 1. The lowest BCUT2D eigenvalue weighted by Gasteiger charge is -1.90. The molecule has 65 valence electrons. The summed E-state index contributed by atoms with van der Waals surface area (Å²) in [4.78, 5) is 9.83. The Morgan fingerprint density at radius 1 is 1.54 bits per heavy atom. The van der Waals surface area contributed by atoms with Crippen LogP contribution in [0.5, 0.6) is 5.75 Å². The Labute approximate surface area is 72.4 Å². The molecule has 2 aromatic rings. The zero-order chi connectivity index (χ0) is 9.42. The van der Waals surface area contributed by atoms with Crippen molar-refractivity contribution in [2.24, 2.45) is 0 Å². The number of hydrogen-bond donors (Lipinski definition) is 1.